The maximum Gasteiger partial charge on any atom is 0.435 e. The van der Waals surface area contributed by atoms with Gasteiger partial charge in [-0.2, -0.15) is 4.99 Å². The summed E-state index contributed by atoms with van der Waals surface area (Å²) >= 11 is 0. The van der Waals surface area contributed by atoms with Crippen LogP contribution in [-0.4, -0.2) is 60.6 Å². The first-order valence-corrected chi connectivity index (χ1v) is 17.0. The molecule has 256 valence electrons. The van der Waals surface area contributed by atoms with Crippen LogP contribution in [-0.2, 0) is 31.5 Å². The lowest BCUT2D eigenvalue weighted by Crippen LogP contribution is -2.66. The number of amidine groups is 1. The molecule has 2 aliphatic rings. The molecule has 2 amide bonds. The van der Waals surface area contributed by atoms with E-state index >= 15 is 4.39 Å². The van der Waals surface area contributed by atoms with Crippen LogP contribution in [0.3, 0.4) is 0 Å². The van der Waals surface area contributed by atoms with Crippen molar-refractivity contribution in [3.63, 3.8) is 0 Å². The molecule has 1 aliphatic carbocycles. The Kier molecular flexibility index (Phi) is 9.62. The topological polar surface area (TPSA) is 145 Å². The number of hydrogen-bond donors (Lipinski definition) is 2. The maximum atomic E-state index is 15.5. The first-order valence-electron chi connectivity index (χ1n) is 15.3. The Bertz CT molecular complexity index is 1830. The average Bonchev–Trinajstić information content (AvgIpc) is 3.45. The SMILES string of the molecule is COc1ccc(COC2CCC3(C2)/C(=N\C(=O)OC(C)(C)C)N[C@](C)(c2cc(NC(=O)c4ccc(F)cn4)ccc2F)CS3(=O)=O)cc1. The Balaban J connectivity index is 1.45. The fraction of sp³-hybridized carbons (Fsp3) is 0.412. The van der Waals surface area contributed by atoms with E-state index in [1.807, 2.05) is 12.1 Å². The molecule has 0 radical (unpaired) electrons. The molecule has 1 aliphatic heterocycles. The van der Waals surface area contributed by atoms with Gasteiger partial charge in [-0.1, -0.05) is 12.1 Å². The Morgan fingerprint density at radius 3 is 2.48 bits per heavy atom. The van der Waals surface area contributed by atoms with Gasteiger partial charge in [0.15, 0.2) is 9.84 Å². The zero-order valence-electron chi connectivity index (χ0n) is 27.3. The van der Waals surface area contributed by atoms with Gasteiger partial charge in [0.25, 0.3) is 5.91 Å². The highest BCUT2D eigenvalue weighted by Gasteiger charge is 2.60. The number of pyridine rings is 1. The van der Waals surface area contributed by atoms with Crippen molar-refractivity contribution in [3.05, 3.63) is 89.2 Å². The number of sulfone groups is 1. The summed E-state index contributed by atoms with van der Waals surface area (Å²) in [5, 5.41) is 5.70. The van der Waals surface area contributed by atoms with Gasteiger partial charge >= 0.3 is 6.09 Å². The zero-order chi connectivity index (χ0) is 34.9. The van der Waals surface area contributed by atoms with Crippen LogP contribution in [0.5, 0.6) is 5.75 Å². The zero-order valence-corrected chi connectivity index (χ0v) is 28.1. The number of aliphatic imine (C=N–C) groups is 1. The predicted octanol–water partition coefficient (Wildman–Crippen LogP) is 5.70. The third-order valence-electron chi connectivity index (χ3n) is 8.35. The highest BCUT2D eigenvalue weighted by Crippen LogP contribution is 2.46. The maximum absolute atomic E-state index is 15.5. The first-order chi connectivity index (χ1) is 22.5. The number of nitrogens with zero attached hydrogens (tertiary/aromatic N) is 2. The van der Waals surface area contributed by atoms with E-state index < -0.39 is 61.2 Å². The number of methoxy groups -OCH3 is 1. The van der Waals surface area contributed by atoms with Gasteiger partial charge in [0, 0.05) is 17.7 Å². The smallest absolute Gasteiger partial charge is 0.435 e. The quantitative estimate of drug-likeness (QED) is 0.320. The summed E-state index contributed by atoms with van der Waals surface area (Å²) in [7, 11) is -2.57. The van der Waals surface area contributed by atoms with E-state index in [-0.39, 0.29) is 42.2 Å². The van der Waals surface area contributed by atoms with Gasteiger partial charge in [0.1, 0.15) is 39.3 Å². The minimum atomic E-state index is -4.14. The van der Waals surface area contributed by atoms with Crippen molar-refractivity contribution in [2.75, 3.05) is 18.2 Å². The fourth-order valence-electron chi connectivity index (χ4n) is 6.00. The molecule has 14 heteroatoms. The minimum absolute atomic E-state index is 0.0133. The Morgan fingerprint density at radius 2 is 1.83 bits per heavy atom. The van der Waals surface area contributed by atoms with E-state index in [9.17, 15) is 22.4 Å². The molecule has 1 saturated heterocycles. The van der Waals surface area contributed by atoms with E-state index in [2.05, 4.69) is 20.6 Å². The molecule has 1 aromatic heterocycles. The van der Waals surface area contributed by atoms with E-state index in [1.165, 1.54) is 25.1 Å². The van der Waals surface area contributed by atoms with E-state index in [1.54, 1.807) is 40.0 Å². The second-order valence-corrected chi connectivity index (χ2v) is 15.5. The number of ether oxygens (including phenoxy) is 3. The molecule has 2 unspecified atom stereocenters. The predicted molar refractivity (Wildman–Crippen MR) is 175 cm³/mol. The van der Waals surface area contributed by atoms with Crippen LogP contribution < -0.4 is 15.4 Å². The van der Waals surface area contributed by atoms with E-state index in [4.69, 9.17) is 14.2 Å². The lowest BCUT2D eigenvalue weighted by atomic mass is 9.90. The number of halogens is 2. The number of hydrogen-bond acceptors (Lipinski definition) is 8. The number of carbonyl (C=O) groups is 2. The molecule has 1 saturated carbocycles. The molecular weight excluding hydrogens is 646 g/mol. The van der Waals surface area contributed by atoms with Crippen molar-refractivity contribution >= 4 is 33.4 Å². The van der Waals surface area contributed by atoms with Gasteiger partial charge in [-0.05, 0) is 88.6 Å². The van der Waals surface area contributed by atoms with Gasteiger partial charge in [0.2, 0.25) is 0 Å². The lowest BCUT2D eigenvalue weighted by Gasteiger charge is -2.45. The molecule has 5 rings (SSSR count). The minimum Gasteiger partial charge on any atom is -0.497 e. The molecule has 2 heterocycles. The van der Waals surface area contributed by atoms with Crippen molar-refractivity contribution in [2.45, 2.75) is 75.6 Å². The largest absolute Gasteiger partial charge is 0.497 e. The Hall–Kier alpha value is -4.43. The van der Waals surface area contributed by atoms with Crippen LogP contribution in [0.15, 0.2) is 65.8 Å². The summed E-state index contributed by atoms with van der Waals surface area (Å²) in [6.07, 6.45) is -0.0984. The summed E-state index contributed by atoms with van der Waals surface area (Å²) < 4.78 is 72.7. The van der Waals surface area contributed by atoms with E-state index in [0.29, 0.717) is 12.2 Å². The molecule has 2 fully saturated rings. The third kappa shape index (κ3) is 7.49. The first kappa shape index (κ1) is 34.9. The number of nitrogens with one attached hydrogen (secondary N) is 2. The molecule has 48 heavy (non-hydrogen) atoms. The molecule has 0 bridgehead atoms. The van der Waals surface area contributed by atoms with Crippen LogP contribution in [0.4, 0.5) is 19.3 Å². The Morgan fingerprint density at radius 1 is 1.10 bits per heavy atom. The van der Waals surface area contributed by atoms with Gasteiger partial charge in [0.05, 0.1) is 37.3 Å². The van der Waals surface area contributed by atoms with Crippen molar-refractivity contribution in [2.24, 2.45) is 4.99 Å². The molecule has 3 aromatic rings. The van der Waals surface area contributed by atoms with Crippen molar-refractivity contribution in [3.8, 4) is 5.75 Å². The van der Waals surface area contributed by atoms with Gasteiger partial charge in [-0.3, -0.25) is 4.79 Å². The summed E-state index contributed by atoms with van der Waals surface area (Å²) in [5.41, 5.74) is -1.69. The number of rotatable bonds is 7. The van der Waals surface area contributed by atoms with Gasteiger partial charge in [-0.25, -0.2) is 27.0 Å². The van der Waals surface area contributed by atoms with Crippen LogP contribution >= 0.6 is 0 Å². The van der Waals surface area contributed by atoms with Crippen LogP contribution in [0, 0.1) is 11.6 Å². The number of carbonyl (C=O) groups excluding carboxylic acids is 2. The summed E-state index contributed by atoms with van der Waals surface area (Å²) in [5.74, 6) is -2.07. The number of benzene rings is 2. The number of anilines is 1. The van der Waals surface area contributed by atoms with Gasteiger partial charge in [-0.15, -0.1) is 0 Å². The number of aromatic nitrogens is 1. The van der Waals surface area contributed by atoms with Gasteiger partial charge < -0.3 is 24.8 Å². The van der Waals surface area contributed by atoms with Crippen LogP contribution in [0.25, 0.3) is 0 Å². The summed E-state index contributed by atoms with van der Waals surface area (Å²) in [4.78, 5) is 33.7. The second kappa shape index (κ2) is 13.2. The van der Waals surface area contributed by atoms with E-state index in [0.717, 1.165) is 23.9 Å². The fourth-order valence-corrected chi connectivity index (χ4v) is 8.52. The van der Waals surface area contributed by atoms with Crippen molar-refractivity contribution in [1.82, 2.24) is 10.3 Å². The molecule has 1 spiro atoms. The molecule has 2 aromatic carbocycles. The lowest BCUT2D eigenvalue weighted by molar-refractivity contribution is 0.0447. The van der Waals surface area contributed by atoms with Crippen molar-refractivity contribution in [1.29, 1.82) is 0 Å². The summed E-state index contributed by atoms with van der Waals surface area (Å²) in [6.45, 7) is 6.69. The van der Waals surface area contributed by atoms with Crippen LogP contribution in [0.2, 0.25) is 0 Å². The van der Waals surface area contributed by atoms with Crippen molar-refractivity contribution < 1.29 is 41.0 Å². The third-order valence-corrected chi connectivity index (χ3v) is 11.1. The molecular formula is C34H38F2N4O7S. The second-order valence-electron chi connectivity index (χ2n) is 13.2. The average molecular weight is 685 g/mol. The molecule has 2 N–H and O–H groups in total. The molecule has 3 atom stereocenters. The normalized spacial score (nSPS) is 24.2. The highest BCUT2D eigenvalue weighted by atomic mass is 32.2. The highest BCUT2D eigenvalue weighted by molar-refractivity contribution is 7.93. The Labute approximate surface area is 278 Å². The monoisotopic (exact) mass is 684 g/mol. The van der Waals surface area contributed by atoms with Crippen LogP contribution in [0.1, 0.15) is 68.6 Å². The number of amides is 2. The molecule has 11 nitrogen and oxygen atoms in total. The standard InChI is InChI=1S/C34H38F2N4O7S/c1-32(2,3)47-31(42)39-30-34(15-14-25(17-34)46-19-21-6-10-24(45-5)11-7-21)48(43,44)20-33(4,40-30)26-16-23(9-12-27(26)36)38-29(41)28-13-8-22(35)18-37-28/h6-13,16,18,25H,14-15,17,19-20H2,1-5H3,(H,38,41)(H,39,40,42)/t25?,33-,34?/m0/s1. The summed E-state index contributed by atoms with van der Waals surface area (Å²) in [6, 6.07) is 13.3.